The predicted molar refractivity (Wildman–Crippen MR) is 38.9 cm³/mol. The zero-order valence-corrected chi connectivity index (χ0v) is 5.87. The molecule has 1 rings (SSSR count). The van der Waals surface area contributed by atoms with Crippen LogP contribution in [-0.2, 0) is 4.79 Å². The van der Waals surface area contributed by atoms with Crippen LogP contribution in [-0.4, -0.2) is 30.8 Å². The molecule has 0 aromatic heterocycles. The number of hydrogen-bond acceptors (Lipinski definition) is 4. The Labute approximate surface area is 59.5 Å². The first kappa shape index (κ1) is 7.21. The Balaban J connectivity index is 2.54. The van der Waals surface area contributed by atoms with Gasteiger partial charge in [-0.3, -0.25) is 9.79 Å². The summed E-state index contributed by atoms with van der Waals surface area (Å²) in [6.45, 7) is 2.56. The van der Waals surface area contributed by atoms with Crippen molar-refractivity contribution >= 4 is 12.1 Å². The fraction of sp³-hybridized carbons (Fsp3) is 0.667. The van der Waals surface area contributed by atoms with Gasteiger partial charge in [0.25, 0.3) is 0 Å². The van der Waals surface area contributed by atoms with Crippen LogP contribution in [0, 0.1) is 0 Å². The van der Waals surface area contributed by atoms with Crippen molar-refractivity contribution in [3.05, 3.63) is 0 Å². The molecule has 0 radical (unpaired) electrons. The van der Waals surface area contributed by atoms with E-state index in [-0.39, 0.29) is 12.1 Å². The molecular formula is C6H11N3O. The molecule has 1 aliphatic heterocycles. The minimum atomic E-state index is 0.0185. The van der Waals surface area contributed by atoms with E-state index in [0.29, 0.717) is 18.7 Å². The van der Waals surface area contributed by atoms with E-state index in [1.807, 2.05) is 6.92 Å². The average molecular weight is 141 g/mol. The molecule has 0 aromatic rings. The number of nitrogens with one attached hydrogen (secondary N) is 1. The second kappa shape index (κ2) is 2.79. The second-order valence-electron chi connectivity index (χ2n) is 2.44. The number of nitrogens with zero attached hydrogens (tertiary/aromatic N) is 1. The van der Waals surface area contributed by atoms with Crippen LogP contribution < -0.4 is 11.1 Å². The van der Waals surface area contributed by atoms with Crippen LogP contribution in [0.5, 0.6) is 0 Å². The van der Waals surface area contributed by atoms with Crippen molar-refractivity contribution in [3.8, 4) is 0 Å². The molecule has 4 heteroatoms. The fourth-order valence-corrected chi connectivity index (χ4v) is 0.855. The number of hydrogen-bond donors (Lipinski definition) is 2. The van der Waals surface area contributed by atoms with E-state index >= 15 is 0 Å². The molecule has 0 bridgehead atoms. The number of nitrogens with two attached hydrogens (primary N) is 1. The Kier molecular flexibility index (Phi) is 2.01. The third-order valence-electron chi connectivity index (χ3n) is 1.52. The Morgan fingerprint density at radius 1 is 2.00 bits per heavy atom. The summed E-state index contributed by atoms with van der Waals surface area (Å²) in [7, 11) is 0. The monoisotopic (exact) mass is 141 g/mol. The van der Waals surface area contributed by atoms with Gasteiger partial charge in [0.1, 0.15) is 0 Å². The van der Waals surface area contributed by atoms with Gasteiger partial charge in [0.2, 0.25) is 0 Å². The highest BCUT2D eigenvalue weighted by atomic mass is 16.1. The highest BCUT2D eigenvalue weighted by Gasteiger charge is 2.18. The summed E-state index contributed by atoms with van der Waals surface area (Å²) in [5.41, 5.74) is 5.55. The van der Waals surface area contributed by atoms with Crippen LogP contribution in [0.15, 0.2) is 4.99 Å². The average Bonchev–Trinajstić information content (AvgIpc) is 2.34. The molecule has 0 amide bonds. The number of carbonyl (C=O) groups is 1. The van der Waals surface area contributed by atoms with Gasteiger partial charge in [0.05, 0.1) is 6.04 Å². The van der Waals surface area contributed by atoms with Crippen molar-refractivity contribution in [1.29, 1.82) is 0 Å². The number of carbonyl (C=O) groups excluding carboxylic acids is 1. The van der Waals surface area contributed by atoms with Gasteiger partial charge in [-0.25, -0.2) is 0 Å². The predicted octanol–water partition coefficient (Wildman–Crippen LogP) is -1.10. The maximum Gasteiger partial charge on any atom is 0.184 e. The summed E-state index contributed by atoms with van der Waals surface area (Å²) in [5, 5.41) is 2.84. The highest BCUT2D eigenvalue weighted by Crippen LogP contribution is 1.99. The van der Waals surface area contributed by atoms with Gasteiger partial charge in [-0.05, 0) is 6.92 Å². The molecular weight excluding hydrogens is 130 g/mol. The smallest absolute Gasteiger partial charge is 0.184 e. The zero-order valence-electron chi connectivity index (χ0n) is 5.87. The van der Waals surface area contributed by atoms with Gasteiger partial charge < -0.3 is 11.1 Å². The molecule has 1 heterocycles. The molecule has 0 spiro atoms. The van der Waals surface area contributed by atoms with Gasteiger partial charge in [-0.2, -0.15) is 0 Å². The van der Waals surface area contributed by atoms with Gasteiger partial charge in [0, 0.05) is 12.6 Å². The molecule has 0 saturated heterocycles. The lowest BCUT2D eigenvalue weighted by atomic mass is 10.2. The molecule has 2 unspecified atom stereocenters. The zero-order chi connectivity index (χ0) is 7.56. The molecule has 1 aliphatic rings. The number of aliphatic imine (C=N–C) groups is 1. The quantitative estimate of drug-likeness (QED) is 0.480. The van der Waals surface area contributed by atoms with E-state index in [1.54, 1.807) is 0 Å². The van der Waals surface area contributed by atoms with E-state index in [9.17, 15) is 4.79 Å². The van der Waals surface area contributed by atoms with Crippen LogP contribution in [0.1, 0.15) is 6.92 Å². The standard InChI is InChI=1S/C6H11N3O/c1-4(7)5-2-8-6(3-10)9-5/h3-5H,2,7H2,1H3,(H,8,9). The molecule has 3 N–H and O–H groups in total. The molecule has 0 saturated carbocycles. The van der Waals surface area contributed by atoms with Gasteiger partial charge in [-0.15, -0.1) is 0 Å². The van der Waals surface area contributed by atoms with E-state index in [1.165, 1.54) is 0 Å². The van der Waals surface area contributed by atoms with E-state index in [0.717, 1.165) is 0 Å². The topological polar surface area (TPSA) is 67.5 Å². The summed E-state index contributed by atoms with van der Waals surface area (Å²) in [6, 6.07) is 0.0881. The van der Waals surface area contributed by atoms with E-state index < -0.39 is 0 Å². The normalized spacial score (nSPS) is 27.0. The lowest BCUT2D eigenvalue weighted by Crippen LogP contribution is -2.33. The number of aldehydes is 1. The van der Waals surface area contributed by atoms with Crippen molar-refractivity contribution in [2.24, 2.45) is 10.7 Å². The molecule has 0 fully saturated rings. The van der Waals surface area contributed by atoms with Crippen LogP contribution in [0.4, 0.5) is 0 Å². The van der Waals surface area contributed by atoms with Gasteiger partial charge in [-0.1, -0.05) is 0 Å². The summed E-state index contributed by atoms with van der Waals surface area (Å²) >= 11 is 0. The van der Waals surface area contributed by atoms with Crippen LogP contribution in [0.3, 0.4) is 0 Å². The van der Waals surface area contributed by atoms with Crippen LogP contribution in [0.2, 0.25) is 0 Å². The first-order valence-electron chi connectivity index (χ1n) is 3.26. The Morgan fingerprint density at radius 3 is 3.00 bits per heavy atom. The molecule has 4 nitrogen and oxygen atoms in total. The molecule has 56 valence electrons. The molecule has 0 aliphatic carbocycles. The van der Waals surface area contributed by atoms with E-state index in [2.05, 4.69) is 10.3 Å². The summed E-state index contributed by atoms with van der Waals surface area (Å²) in [5.74, 6) is 0.419. The maximum atomic E-state index is 10.1. The third kappa shape index (κ3) is 1.33. The van der Waals surface area contributed by atoms with Crippen molar-refractivity contribution in [1.82, 2.24) is 5.32 Å². The lowest BCUT2D eigenvalue weighted by molar-refractivity contribution is -0.102. The van der Waals surface area contributed by atoms with Crippen molar-refractivity contribution < 1.29 is 4.79 Å². The first-order chi connectivity index (χ1) is 4.74. The first-order valence-corrected chi connectivity index (χ1v) is 3.26. The number of amidine groups is 1. The van der Waals surface area contributed by atoms with Crippen LogP contribution >= 0.6 is 0 Å². The number of rotatable bonds is 2. The van der Waals surface area contributed by atoms with Crippen molar-refractivity contribution in [2.75, 3.05) is 6.54 Å². The maximum absolute atomic E-state index is 10.1. The largest absolute Gasteiger partial charge is 0.365 e. The molecule has 10 heavy (non-hydrogen) atoms. The SMILES string of the molecule is CC(N)C1CNC(C=O)=N1. The molecule has 0 aromatic carbocycles. The summed E-state index contributed by atoms with van der Waals surface area (Å²) in [4.78, 5) is 14.2. The highest BCUT2D eigenvalue weighted by molar-refractivity contribution is 6.27. The Bertz CT molecular complexity index is 164. The van der Waals surface area contributed by atoms with Crippen molar-refractivity contribution in [3.63, 3.8) is 0 Å². The van der Waals surface area contributed by atoms with Gasteiger partial charge >= 0.3 is 0 Å². The lowest BCUT2D eigenvalue weighted by Gasteiger charge is -2.08. The fourth-order valence-electron chi connectivity index (χ4n) is 0.855. The van der Waals surface area contributed by atoms with E-state index in [4.69, 9.17) is 5.73 Å². The minimum absolute atomic E-state index is 0.0185. The summed E-state index contributed by atoms with van der Waals surface area (Å²) in [6.07, 6.45) is 0.711. The molecule has 2 atom stereocenters. The Morgan fingerprint density at radius 2 is 2.70 bits per heavy atom. The van der Waals surface area contributed by atoms with Crippen LogP contribution in [0.25, 0.3) is 0 Å². The second-order valence-corrected chi connectivity index (χ2v) is 2.44. The minimum Gasteiger partial charge on any atom is -0.365 e. The summed E-state index contributed by atoms with van der Waals surface area (Å²) < 4.78 is 0. The Hall–Kier alpha value is -0.900. The third-order valence-corrected chi connectivity index (χ3v) is 1.52. The van der Waals surface area contributed by atoms with Crippen molar-refractivity contribution in [2.45, 2.75) is 19.0 Å². The van der Waals surface area contributed by atoms with Gasteiger partial charge in [0.15, 0.2) is 12.1 Å².